The lowest BCUT2D eigenvalue weighted by molar-refractivity contribution is 0.0669. The van der Waals surface area contributed by atoms with Crippen molar-refractivity contribution in [2.45, 2.75) is 0 Å². The zero-order valence-corrected chi connectivity index (χ0v) is 15.3. The maximum absolute atomic E-state index is 12.5. The molecule has 0 unspecified atom stereocenters. The van der Waals surface area contributed by atoms with Gasteiger partial charge in [-0.1, -0.05) is 23.2 Å². The van der Waals surface area contributed by atoms with E-state index in [0.29, 0.717) is 26.6 Å². The first-order valence-electron chi connectivity index (χ1n) is 7.76. The minimum atomic E-state index is -1.41. The molecule has 0 aliphatic carbocycles. The Kier molecular flexibility index (Phi) is 4.50. The third-order valence-corrected chi connectivity index (χ3v) is 4.17. The van der Waals surface area contributed by atoms with E-state index in [9.17, 15) is 14.7 Å². The Morgan fingerprint density at radius 1 is 0.857 bits per heavy atom. The zero-order chi connectivity index (χ0) is 19.8. The molecule has 2 aromatic heterocycles. The first kappa shape index (κ1) is 18.0. The summed E-state index contributed by atoms with van der Waals surface area (Å²) in [5.74, 6) is -2.78. The monoisotopic (exact) mass is 414 g/mol. The molecule has 28 heavy (non-hydrogen) atoms. The average molecular weight is 415 g/mol. The van der Waals surface area contributed by atoms with Gasteiger partial charge in [0.2, 0.25) is 5.69 Å². The number of fused-ring (bicyclic) bond motifs is 2. The maximum Gasteiger partial charge on any atom is 0.365 e. The molecule has 138 valence electrons. The van der Waals surface area contributed by atoms with Gasteiger partial charge >= 0.3 is 11.9 Å². The Labute approximate surface area is 166 Å². The number of ether oxygens (including phenoxy) is 1. The number of hydrogen-bond donors (Lipinski definition) is 1. The van der Waals surface area contributed by atoms with E-state index in [1.807, 2.05) is 0 Å². The Morgan fingerprint density at radius 3 is 2.18 bits per heavy atom. The number of carbonyl (C=O) groups excluding carboxylic acids is 1. The molecule has 8 nitrogen and oxygen atoms in total. The summed E-state index contributed by atoms with van der Waals surface area (Å²) in [7, 11) is 0. The molecule has 10 heteroatoms. The summed E-state index contributed by atoms with van der Waals surface area (Å²) in [6.45, 7) is 0. The van der Waals surface area contributed by atoms with Crippen molar-refractivity contribution in [1.29, 1.82) is 0 Å². The molecule has 0 aliphatic heterocycles. The second kappa shape index (κ2) is 6.99. The van der Waals surface area contributed by atoms with Crippen molar-refractivity contribution < 1.29 is 19.4 Å². The maximum atomic E-state index is 12.5. The number of halogens is 2. The highest BCUT2D eigenvalue weighted by Gasteiger charge is 2.21. The van der Waals surface area contributed by atoms with Gasteiger partial charge in [-0.15, -0.1) is 0 Å². The minimum absolute atomic E-state index is 0.121. The van der Waals surface area contributed by atoms with Crippen molar-refractivity contribution >= 4 is 57.2 Å². The van der Waals surface area contributed by atoms with Crippen molar-refractivity contribution in [3.8, 4) is 5.88 Å². The van der Waals surface area contributed by atoms with E-state index in [-0.39, 0.29) is 11.2 Å². The van der Waals surface area contributed by atoms with Crippen LogP contribution in [0.4, 0.5) is 0 Å². The lowest BCUT2D eigenvalue weighted by atomic mass is 10.3. The van der Waals surface area contributed by atoms with Gasteiger partial charge in [0.15, 0.2) is 5.69 Å². The van der Waals surface area contributed by atoms with Crippen LogP contribution in [-0.2, 0) is 0 Å². The number of hydrogen-bond acceptors (Lipinski definition) is 7. The highest BCUT2D eigenvalue weighted by molar-refractivity contribution is 6.31. The van der Waals surface area contributed by atoms with Gasteiger partial charge in [0.25, 0.3) is 5.88 Å². The predicted octanol–water partition coefficient (Wildman–Crippen LogP) is 3.80. The fourth-order valence-corrected chi connectivity index (χ4v) is 2.78. The lowest BCUT2D eigenvalue weighted by Crippen LogP contribution is -2.16. The molecule has 0 atom stereocenters. The smallest absolute Gasteiger partial charge is 0.365 e. The summed E-state index contributed by atoms with van der Waals surface area (Å²) in [6.07, 6.45) is 1.20. The first-order valence-corrected chi connectivity index (χ1v) is 8.51. The van der Waals surface area contributed by atoms with E-state index in [0.717, 1.165) is 0 Å². The van der Waals surface area contributed by atoms with Crippen LogP contribution in [0.25, 0.3) is 22.1 Å². The van der Waals surface area contributed by atoms with E-state index < -0.39 is 23.5 Å². The Morgan fingerprint density at radius 2 is 1.50 bits per heavy atom. The molecule has 2 heterocycles. The molecule has 0 spiro atoms. The number of esters is 1. The molecule has 0 radical (unpaired) electrons. The highest BCUT2D eigenvalue weighted by atomic mass is 35.5. The number of carbonyl (C=O) groups is 2. The quantitative estimate of drug-likeness (QED) is 0.503. The first-order chi connectivity index (χ1) is 13.4. The van der Waals surface area contributed by atoms with Gasteiger partial charge in [-0.05, 0) is 36.4 Å². The highest BCUT2D eigenvalue weighted by Crippen LogP contribution is 2.23. The molecule has 0 amide bonds. The molecule has 1 N–H and O–H groups in total. The fraction of sp³-hybridized carbons (Fsp3) is 0. The minimum Gasteiger partial charge on any atom is -0.476 e. The second-order valence-corrected chi connectivity index (χ2v) is 6.47. The van der Waals surface area contributed by atoms with Crippen LogP contribution < -0.4 is 4.74 Å². The number of carboxylic acid groups (broad SMARTS) is 1. The third kappa shape index (κ3) is 3.42. The SMILES string of the molecule is O=C(Oc1nc2ccc(Cl)cc2nc1C(=O)O)c1cnc2cc(Cl)ccc2n1. The van der Waals surface area contributed by atoms with E-state index in [1.54, 1.807) is 24.3 Å². The lowest BCUT2D eigenvalue weighted by Gasteiger charge is -2.08. The van der Waals surface area contributed by atoms with Crippen molar-refractivity contribution in [2.75, 3.05) is 0 Å². The normalized spacial score (nSPS) is 10.9. The van der Waals surface area contributed by atoms with Crippen molar-refractivity contribution in [1.82, 2.24) is 19.9 Å². The molecule has 4 rings (SSSR count). The Hall–Kier alpha value is -3.36. The number of nitrogens with zero attached hydrogens (tertiary/aromatic N) is 4. The van der Waals surface area contributed by atoms with Gasteiger partial charge in [-0.2, -0.15) is 0 Å². The molecule has 0 bridgehead atoms. The van der Waals surface area contributed by atoms with Gasteiger partial charge in [-0.25, -0.2) is 24.5 Å². The number of rotatable bonds is 3. The molecular weight excluding hydrogens is 407 g/mol. The van der Waals surface area contributed by atoms with Gasteiger partial charge in [0.1, 0.15) is 0 Å². The standard InChI is InChI=1S/C18H8Cl2N4O4/c19-8-1-3-10-12(5-8)21-7-14(22-10)18(27)28-16-15(17(25)26)23-13-6-9(20)2-4-11(13)24-16/h1-7H,(H,25,26). The molecular formula is C18H8Cl2N4O4. The van der Waals surface area contributed by atoms with E-state index in [4.69, 9.17) is 27.9 Å². The van der Waals surface area contributed by atoms with Crippen molar-refractivity contribution in [2.24, 2.45) is 0 Å². The van der Waals surface area contributed by atoms with Gasteiger partial charge in [0, 0.05) is 10.0 Å². The van der Waals surface area contributed by atoms with E-state index in [2.05, 4.69) is 19.9 Å². The molecule has 2 aromatic carbocycles. The van der Waals surface area contributed by atoms with E-state index in [1.165, 1.54) is 18.3 Å². The van der Waals surface area contributed by atoms with Crippen LogP contribution in [0.15, 0.2) is 42.6 Å². The Balaban J connectivity index is 1.73. The van der Waals surface area contributed by atoms with E-state index >= 15 is 0 Å². The van der Waals surface area contributed by atoms with Crippen LogP contribution in [-0.4, -0.2) is 37.0 Å². The summed E-state index contributed by atoms with van der Waals surface area (Å²) in [5.41, 5.74) is 0.852. The predicted molar refractivity (Wildman–Crippen MR) is 101 cm³/mol. The van der Waals surface area contributed by atoms with Crippen LogP contribution in [0.5, 0.6) is 5.88 Å². The van der Waals surface area contributed by atoms with Crippen LogP contribution in [0.1, 0.15) is 21.0 Å². The molecule has 0 aliphatic rings. The summed E-state index contributed by atoms with van der Waals surface area (Å²) >= 11 is 11.8. The summed E-state index contributed by atoms with van der Waals surface area (Å²) in [4.78, 5) is 40.3. The molecule has 0 fully saturated rings. The van der Waals surface area contributed by atoms with Crippen molar-refractivity contribution in [3.05, 3.63) is 64.0 Å². The zero-order valence-electron chi connectivity index (χ0n) is 13.8. The van der Waals surface area contributed by atoms with Crippen LogP contribution in [0.3, 0.4) is 0 Å². The molecule has 0 saturated heterocycles. The van der Waals surface area contributed by atoms with Crippen molar-refractivity contribution in [3.63, 3.8) is 0 Å². The topological polar surface area (TPSA) is 115 Å². The van der Waals surface area contributed by atoms with Crippen LogP contribution >= 0.6 is 23.2 Å². The van der Waals surface area contributed by atoms with Crippen LogP contribution in [0.2, 0.25) is 10.0 Å². The number of aromatic carboxylic acids is 1. The van der Waals surface area contributed by atoms with Gasteiger partial charge in [0.05, 0.1) is 28.3 Å². The molecule has 4 aromatic rings. The number of carboxylic acids is 1. The Bertz CT molecular complexity index is 1280. The van der Waals surface area contributed by atoms with Crippen LogP contribution in [0, 0.1) is 0 Å². The molecule has 0 saturated carbocycles. The number of benzene rings is 2. The number of aromatic nitrogens is 4. The van der Waals surface area contributed by atoms with Gasteiger partial charge < -0.3 is 9.84 Å². The fourth-order valence-electron chi connectivity index (χ4n) is 2.44. The summed E-state index contributed by atoms with van der Waals surface area (Å²) in [5, 5.41) is 10.2. The van der Waals surface area contributed by atoms with Gasteiger partial charge in [-0.3, -0.25) is 4.98 Å². The second-order valence-electron chi connectivity index (χ2n) is 5.59. The third-order valence-electron chi connectivity index (χ3n) is 3.70. The average Bonchev–Trinajstić information content (AvgIpc) is 2.67. The largest absolute Gasteiger partial charge is 0.476 e. The summed E-state index contributed by atoms with van der Waals surface area (Å²) in [6, 6.07) is 9.36. The summed E-state index contributed by atoms with van der Waals surface area (Å²) < 4.78 is 5.15.